The topological polar surface area (TPSA) is 101 Å². The molecule has 5 rings (SSSR count). The van der Waals surface area contributed by atoms with Gasteiger partial charge in [0.2, 0.25) is 5.82 Å². The number of allylic oxidation sites excluding steroid dienone is 1. The first-order valence-electron chi connectivity index (χ1n) is 11.1. The summed E-state index contributed by atoms with van der Waals surface area (Å²) < 4.78 is 10.9. The van der Waals surface area contributed by atoms with E-state index in [1.807, 2.05) is 68.4 Å². The molecule has 0 saturated heterocycles. The molecule has 2 heterocycles. The largest absolute Gasteiger partial charge is 0.504 e. The molecule has 8 nitrogen and oxygen atoms in total. The van der Waals surface area contributed by atoms with Crippen LogP contribution in [0.1, 0.15) is 30.0 Å². The summed E-state index contributed by atoms with van der Waals surface area (Å²) in [5.41, 5.74) is 4.48. The molecular weight excluding hydrogens is 444 g/mol. The van der Waals surface area contributed by atoms with E-state index in [4.69, 9.17) is 9.26 Å². The predicted molar refractivity (Wildman–Crippen MR) is 132 cm³/mol. The summed E-state index contributed by atoms with van der Waals surface area (Å²) in [5.74, 6) is 1.02. The minimum absolute atomic E-state index is 0.0344. The van der Waals surface area contributed by atoms with Gasteiger partial charge in [-0.15, -0.1) is 0 Å². The predicted octanol–water partition coefficient (Wildman–Crippen LogP) is 5.46. The van der Waals surface area contributed by atoms with Gasteiger partial charge in [0.15, 0.2) is 11.5 Å². The van der Waals surface area contributed by atoms with E-state index in [-0.39, 0.29) is 17.7 Å². The Kier molecular flexibility index (Phi) is 5.70. The maximum absolute atomic E-state index is 13.3. The van der Waals surface area contributed by atoms with Crippen LogP contribution >= 0.6 is 0 Å². The number of phenolic OH excluding ortho intramolecular Hbond substituents is 1. The number of hydrogen-bond donors (Lipinski definition) is 2. The van der Waals surface area contributed by atoms with Gasteiger partial charge in [0.1, 0.15) is 0 Å². The Morgan fingerprint density at radius 1 is 1.03 bits per heavy atom. The van der Waals surface area contributed by atoms with Crippen LogP contribution in [0.4, 0.5) is 10.5 Å². The Morgan fingerprint density at radius 2 is 1.83 bits per heavy atom. The van der Waals surface area contributed by atoms with Crippen LogP contribution in [0.2, 0.25) is 0 Å². The van der Waals surface area contributed by atoms with Gasteiger partial charge in [-0.3, -0.25) is 4.90 Å². The Morgan fingerprint density at radius 3 is 2.54 bits per heavy atom. The molecule has 1 aromatic heterocycles. The summed E-state index contributed by atoms with van der Waals surface area (Å²) in [5, 5.41) is 17.6. The quantitative estimate of drug-likeness (QED) is 0.403. The highest BCUT2D eigenvalue weighted by Crippen LogP contribution is 2.41. The summed E-state index contributed by atoms with van der Waals surface area (Å²) in [6, 6.07) is 21.3. The van der Waals surface area contributed by atoms with Crippen LogP contribution in [0.25, 0.3) is 17.0 Å². The second-order valence-corrected chi connectivity index (χ2v) is 8.28. The standard InChI is InChI=1S/C27H24N4O4/c1-16-8-7-11-20(14-16)31-17(2)23(26-29-25(30-35-26)18-9-5-4-6-10-18)24(28-27(31)33)19-12-13-22(34-3)21(32)15-19/h4-15,24,32H,1-3H3,(H,28,33). The van der Waals surface area contributed by atoms with E-state index in [9.17, 15) is 9.90 Å². The maximum Gasteiger partial charge on any atom is 0.326 e. The minimum Gasteiger partial charge on any atom is -0.504 e. The maximum atomic E-state index is 13.3. The zero-order chi connectivity index (χ0) is 24.5. The number of carbonyl (C=O) groups excluding carboxylic acids is 1. The molecule has 0 radical (unpaired) electrons. The molecule has 4 aromatic rings. The fraction of sp³-hybridized carbons (Fsp3) is 0.148. The monoisotopic (exact) mass is 468 g/mol. The van der Waals surface area contributed by atoms with Crippen molar-refractivity contribution < 1.29 is 19.2 Å². The number of aryl methyl sites for hydroxylation is 1. The van der Waals surface area contributed by atoms with Crippen molar-refractivity contribution in [2.75, 3.05) is 12.0 Å². The molecule has 2 N–H and O–H groups in total. The fourth-order valence-electron chi connectivity index (χ4n) is 4.27. The van der Waals surface area contributed by atoms with Crippen molar-refractivity contribution in [1.82, 2.24) is 15.5 Å². The first-order chi connectivity index (χ1) is 17.0. The highest BCUT2D eigenvalue weighted by Gasteiger charge is 2.36. The molecular formula is C27H24N4O4. The number of aromatic hydroxyl groups is 1. The third-order valence-corrected chi connectivity index (χ3v) is 5.97. The molecule has 1 aliphatic heterocycles. The molecule has 0 bridgehead atoms. The van der Waals surface area contributed by atoms with E-state index in [0.717, 1.165) is 16.8 Å². The van der Waals surface area contributed by atoms with Crippen LogP contribution < -0.4 is 15.0 Å². The third-order valence-electron chi connectivity index (χ3n) is 5.97. The van der Waals surface area contributed by atoms with Crippen molar-refractivity contribution in [3.05, 3.63) is 95.5 Å². The minimum atomic E-state index is -0.635. The van der Waals surface area contributed by atoms with Gasteiger partial charge in [-0.1, -0.05) is 53.7 Å². The van der Waals surface area contributed by atoms with Crippen LogP contribution in [0.3, 0.4) is 0 Å². The normalized spacial score (nSPS) is 15.8. The molecule has 0 saturated carbocycles. The molecule has 1 aliphatic rings. The van der Waals surface area contributed by atoms with Crippen LogP contribution in [0.5, 0.6) is 11.5 Å². The molecule has 1 unspecified atom stereocenters. The number of benzene rings is 3. The Labute approximate surface area is 202 Å². The first kappa shape index (κ1) is 22.2. The number of hydrogen-bond acceptors (Lipinski definition) is 6. The summed E-state index contributed by atoms with van der Waals surface area (Å²) in [4.78, 5) is 19.6. The number of urea groups is 1. The van der Waals surface area contributed by atoms with E-state index in [2.05, 4.69) is 15.5 Å². The lowest BCUT2D eigenvalue weighted by atomic mass is 9.94. The SMILES string of the molecule is COc1ccc(C2NC(=O)N(c3cccc(C)c3)C(C)=C2c2nc(-c3ccccc3)no2)cc1O. The van der Waals surface area contributed by atoms with Crippen molar-refractivity contribution >= 4 is 17.3 Å². The number of amides is 2. The number of phenols is 1. The van der Waals surface area contributed by atoms with Crippen LogP contribution in [0.15, 0.2) is 83.0 Å². The van der Waals surface area contributed by atoms with Crippen LogP contribution in [-0.4, -0.2) is 28.4 Å². The number of anilines is 1. The lowest BCUT2D eigenvalue weighted by Crippen LogP contribution is -2.46. The summed E-state index contributed by atoms with van der Waals surface area (Å²) >= 11 is 0. The number of nitrogens with zero attached hydrogens (tertiary/aromatic N) is 3. The number of ether oxygens (including phenoxy) is 1. The van der Waals surface area contributed by atoms with Crippen LogP contribution in [-0.2, 0) is 0 Å². The number of aromatic nitrogens is 2. The van der Waals surface area contributed by atoms with E-state index in [1.165, 1.54) is 7.11 Å². The van der Waals surface area contributed by atoms with Crippen molar-refractivity contribution in [3.8, 4) is 22.9 Å². The molecule has 3 aromatic carbocycles. The molecule has 1 atom stereocenters. The average Bonchev–Trinajstić information content (AvgIpc) is 3.34. The molecule has 2 amide bonds. The average molecular weight is 469 g/mol. The first-order valence-corrected chi connectivity index (χ1v) is 11.1. The zero-order valence-electron chi connectivity index (χ0n) is 19.5. The molecule has 0 aliphatic carbocycles. The number of nitrogens with one attached hydrogen (secondary N) is 1. The molecule has 35 heavy (non-hydrogen) atoms. The van der Waals surface area contributed by atoms with Crippen molar-refractivity contribution in [2.24, 2.45) is 0 Å². The Balaban J connectivity index is 1.67. The van der Waals surface area contributed by atoms with E-state index < -0.39 is 6.04 Å². The molecule has 0 spiro atoms. The van der Waals surface area contributed by atoms with Gasteiger partial charge in [-0.05, 0) is 49.2 Å². The van der Waals surface area contributed by atoms with Crippen molar-refractivity contribution in [3.63, 3.8) is 0 Å². The summed E-state index contributed by atoms with van der Waals surface area (Å²) in [6.45, 7) is 3.82. The fourth-order valence-corrected chi connectivity index (χ4v) is 4.27. The van der Waals surface area contributed by atoms with Gasteiger partial charge >= 0.3 is 6.03 Å². The van der Waals surface area contributed by atoms with Gasteiger partial charge in [-0.25, -0.2) is 4.79 Å². The zero-order valence-corrected chi connectivity index (χ0v) is 19.5. The van der Waals surface area contributed by atoms with E-state index >= 15 is 0 Å². The van der Waals surface area contributed by atoms with Crippen LogP contribution in [0, 0.1) is 6.92 Å². The highest BCUT2D eigenvalue weighted by molar-refractivity contribution is 6.01. The van der Waals surface area contributed by atoms with E-state index in [0.29, 0.717) is 28.4 Å². The van der Waals surface area contributed by atoms with Gasteiger partial charge in [0.05, 0.1) is 24.4 Å². The molecule has 176 valence electrons. The van der Waals surface area contributed by atoms with Gasteiger partial charge in [0, 0.05) is 11.3 Å². The Bertz CT molecular complexity index is 1430. The third kappa shape index (κ3) is 4.10. The number of rotatable bonds is 5. The van der Waals surface area contributed by atoms with Gasteiger partial charge in [0.25, 0.3) is 5.89 Å². The van der Waals surface area contributed by atoms with Gasteiger partial charge < -0.3 is 19.7 Å². The second kappa shape index (κ2) is 8.98. The summed E-state index contributed by atoms with van der Waals surface area (Å²) in [7, 11) is 1.48. The lowest BCUT2D eigenvalue weighted by molar-refractivity contribution is 0.244. The molecule has 8 heteroatoms. The smallest absolute Gasteiger partial charge is 0.326 e. The second-order valence-electron chi connectivity index (χ2n) is 8.28. The number of carbonyl (C=O) groups is 1. The molecule has 0 fully saturated rings. The Hall–Kier alpha value is -4.59. The highest BCUT2D eigenvalue weighted by atomic mass is 16.5. The number of methoxy groups -OCH3 is 1. The van der Waals surface area contributed by atoms with Crippen molar-refractivity contribution in [1.29, 1.82) is 0 Å². The van der Waals surface area contributed by atoms with Gasteiger partial charge in [-0.2, -0.15) is 4.98 Å². The van der Waals surface area contributed by atoms with E-state index in [1.54, 1.807) is 23.1 Å². The lowest BCUT2D eigenvalue weighted by Gasteiger charge is -2.35. The summed E-state index contributed by atoms with van der Waals surface area (Å²) in [6.07, 6.45) is 0. The van der Waals surface area contributed by atoms with Crippen molar-refractivity contribution in [2.45, 2.75) is 19.9 Å².